The van der Waals surface area contributed by atoms with Gasteiger partial charge in [0.1, 0.15) is 5.00 Å². The van der Waals surface area contributed by atoms with Crippen LogP contribution in [0.4, 0.5) is 5.00 Å². The number of anilines is 1. The minimum atomic E-state index is -0.341. The Labute approximate surface area is 180 Å². The van der Waals surface area contributed by atoms with Gasteiger partial charge in [0.25, 0.3) is 5.91 Å². The number of aryl methyl sites for hydroxylation is 1. The number of esters is 1. The maximum atomic E-state index is 12.9. The fourth-order valence-electron chi connectivity index (χ4n) is 3.87. The van der Waals surface area contributed by atoms with Gasteiger partial charge in [0.2, 0.25) is 0 Å². The Bertz CT molecular complexity index is 1040. The van der Waals surface area contributed by atoms with Crippen molar-refractivity contribution in [1.29, 1.82) is 0 Å². The van der Waals surface area contributed by atoms with E-state index in [4.69, 9.17) is 4.74 Å². The summed E-state index contributed by atoms with van der Waals surface area (Å²) in [6, 6.07) is 17.6. The smallest absolute Gasteiger partial charge is 0.341 e. The molecule has 154 valence electrons. The summed E-state index contributed by atoms with van der Waals surface area (Å²) in [5.41, 5.74) is 4.34. The lowest BCUT2D eigenvalue weighted by Crippen LogP contribution is -2.15. The molecule has 30 heavy (non-hydrogen) atoms. The molecule has 1 aromatic heterocycles. The van der Waals surface area contributed by atoms with Crippen LogP contribution in [0.25, 0.3) is 11.1 Å². The van der Waals surface area contributed by atoms with Crippen molar-refractivity contribution in [3.05, 3.63) is 76.2 Å². The van der Waals surface area contributed by atoms with Gasteiger partial charge >= 0.3 is 5.97 Å². The average Bonchev–Trinajstić information content (AvgIpc) is 2.95. The van der Waals surface area contributed by atoms with Crippen molar-refractivity contribution in [1.82, 2.24) is 0 Å². The van der Waals surface area contributed by atoms with Crippen molar-refractivity contribution >= 4 is 28.2 Å². The van der Waals surface area contributed by atoms with E-state index in [-0.39, 0.29) is 11.9 Å². The van der Waals surface area contributed by atoms with Crippen LogP contribution in [0.3, 0.4) is 0 Å². The zero-order chi connectivity index (χ0) is 20.9. The highest BCUT2D eigenvalue weighted by molar-refractivity contribution is 7.17. The van der Waals surface area contributed by atoms with Crippen molar-refractivity contribution in [2.24, 2.45) is 0 Å². The maximum absolute atomic E-state index is 12.9. The van der Waals surface area contributed by atoms with Gasteiger partial charge < -0.3 is 10.1 Å². The number of hydrogen-bond acceptors (Lipinski definition) is 4. The molecular weight excluding hydrogens is 394 g/mol. The van der Waals surface area contributed by atoms with Crippen LogP contribution in [-0.2, 0) is 17.6 Å². The number of nitrogens with one attached hydrogen (secondary N) is 1. The predicted octanol–water partition coefficient (Wildman–Crippen LogP) is 6.11. The molecule has 5 heteroatoms. The van der Waals surface area contributed by atoms with Gasteiger partial charge in [-0.15, -0.1) is 11.3 Å². The normalized spacial score (nSPS) is 13.2. The monoisotopic (exact) mass is 419 g/mol. The molecule has 1 amide bonds. The average molecular weight is 420 g/mol. The molecule has 1 N–H and O–H groups in total. The molecule has 0 radical (unpaired) electrons. The minimum Gasteiger partial charge on any atom is -0.462 e. The van der Waals surface area contributed by atoms with E-state index in [1.807, 2.05) is 54.6 Å². The molecule has 1 aliphatic carbocycles. The number of fused-ring (bicyclic) bond motifs is 1. The zero-order valence-corrected chi connectivity index (χ0v) is 17.9. The van der Waals surface area contributed by atoms with E-state index < -0.39 is 0 Å². The molecule has 3 aromatic rings. The number of amides is 1. The van der Waals surface area contributed by atoms with Gasteiger partial charge in [-0.1, -0.05) is 48.9 Å². The van der Waals surface area contributed by atoms with Crippen LogP contribution in [0, 0.1) is 0 Å². The third kappa shape index (κ3) is 4.31. The number of thiophene rings is 1. The summed E-state index contributed by atoms with van der Waals surface area (Å²) in [6.45, 7) is 2.12. The summed E-state index contributed by atoms with van der Waals surface area (Å²) in [7, 11) is 0. The van der Waals surface area contributed by atoms with Gasteiger partial charge in [-0.2, -0.15) is 0 Å². The number of carbonyl (C=O) groups excluding carboxylic acids is 2. The van der Waals surface area contributed by atoms with E-state index in [2.05, 4.69) is 5.32 Å². The molecule has 0 atom stereocenters. The molecule has 4 nitrogen and oxygen atoms in total. The van der Waals surface area contributed by atoms with E-state index in [9.17, 15) is 9.59 Å². The van der Waals surface area contributed by atoms with Gasteiger partial charge in [-0.25, -0.2) is 4.79 Å². The fraction of sp³-hybridized carbons (Fsp3) is 0.280. The molecule has 0 spiro atoms. The summed E-state index contributed by atoms with van der Waals surface area (Å²) in [6.07, 6.45) is 5.16. The third-order valence-corrected chi connectivity index (χ3v) is 6.59. The second kappa shape index (κ2) is 9.26. The Morgan fingerprint density at radius 2 is 1.63 bits per heavy atom. The Morgan fingerprint density at radius 3 is 2.37 bits per heavy atom. The Balaban J connectivity index is 1.59. The Hall–Kier alpha value is -2.92. The molecule has 0 bridgehead atoms. The second-order valence-corrected chi connectivity index (χ2v) is 8.49. The van der Waals surface area contributed by atoms with Crippen LogP contribution in [0.15, 0.2) is 54.6 Å². The van der Waals surface area contributed by atoms with Crippen LogP contribution >= 0.6 is 11.3 Å². The lowest BCUT2D eigenvalue weighted by molar-refractivity contribution is 0.0527. The highest BCUT2D eigenvalue weighted by atomic mass is 32.1. The summed E-state index contributed by atoms with van der Waals surface area (Å²) < 4.78 is 5.30. The number of rotatable bonds is 5. The van der Waals surface area contributed by atoms with Crippen molar-refractivity contribution < 1.29 is 14.3 Å². The molecule has 0 aliphatic heterocycles. The summed E-state index contributed by atoms with van der Waals surface area (Å²) in [4.78, 5) is 26.8. The van der Waals surface area contributed by atoms with E-state index in [0.717, 1.165) is 42.4 Å². The van der Waals surface area contributed by atoms with Crippen LogP contribution in [0.1, 0.15) is 57.3 Å². The largest absolute Gasteiger partial charge is 0.462 e. The van der Waals surface area contributed by atoms with Crippen LogP contribution in [-0.4, -0.2) is 18.5 Å². The number of benzene rings is 2. The summed E-state index contributed by atoms with van der Waals surface area (Å²) >= 11 is 1.52. The molecule has 0 saturated heterocycles. The quantitative estimate of drug-likeness (QED) is 0.401. The molecule has 0 fully saturated rings. The van der Waals surface area contributed by atoms with E-state index in [1.165, 1.54) is 22.6 Å². The number of carbonyl (C=O) groups is 2. The Morgan fingerprint density at radius 1 is 0.933 bits per heavy atom. The molecule has 0 saturated carbocycles. The fourth-order valence-corrected chi connectivity index (χ4v) is 5.14. The van der Waals surface area contributed by atoms with E-state index in [1.54, 1.807) is 6.92 Å². The molecule has 1 aliphatic rings. The Kier molecular flexibility index (Phi) is 6.29. The second-order valence-electron chi connectivity index (χ2n) is 7.39. The lowest BCUT2D eigenvalue weighted by Gasteiger charge is -2.09. The molecule has 4 rings (SSSR count). The highest BCUT2D eigenvalue weighted by Crippen LogP contribution is 2.38. The summed E-state index contributed by atoms with van der Waals surface area (Å²) in [5, 5.41) is 3.59. The van der Waals surface area contributed by atoms with Crippen molar-refractivity contribution in [2.45, 2.75) is 39.0 Å². The van der Waals surface area contributed by atoms with E-state index >= 15 is 0 Å². The number of hydrogen-bond donors (Lipinski definition) is 1. The van der Waals surface area contributed by atoms with Gasteiger partial charge in [0, 0.05) is 10.4 Å². The van der Waals surface area contributed by atoms with Crippen LogP contribution in [0.5, 0.6) is 0 Å². The molecule has 1 heterocycles. The third-order valence-electron chi connectivity index (χ3n) is 5.38. The first-order valence-corrected chi connectivity index (χ1v) is 11.3. The molecule has 0 unspecified atom stereocenters. The van der Waals surface area contributed by atoms with Crippen molar-refractivity contribution in [3.8, 4) is 11.1 Å². The standard InChI is InChI=1S/C25H25NO3S/c1-2-29-25(28)22-20-11-7-4-8-12-21(20)30-24(22)26-23(27)19-15-13-18(14-16-19)17-9-5-3-6-10-17/h3,5-6,9-10,13-16H,2,4,7-8,11-12H2,1H3,(H,26,27). The highest BCUT2D eigenvalue weighted by Gasteiger charge is 2.26. The first-order chi connectivity index (χ1) is 14.7. The van der Waals surface area contributed by atoms with Crippen LogP contribution < -0.4 is 5.32 Å². The topological polar surface area (TPSA) is 55.4 Å². The summed E-state index contributed by atoms with van der Waals surface area (Å²) in [5.74, 6) is -0.553. The van der Waals surface area contributed by atoms with Gasteiger partial charge in [-0.3, -0.25) is 4.79 Å². The molecular formula is C25H25NO3S. The van der Waals surface area contributed by atoms with Gasteiger partial charge in [-0.05, 0) is 61.4 Å². The first-order valence-electron chi connectivity index (χ1n) is 10.5. The predicted molar refractivity (Wildman–Crippen MR) is 121 cm³/mol. The van der Waals surface area contributed by atoms with Crippen molar-refractivity contribution in [3.63, 3.8) is 0 Å². The van der Waals surface area contributed by atoms with Crippen LogP contribution in [0.2, 0.25) is 0 Å². The van der Waals surface area contributed by atoms with Gasteiger partial charge in [0.15, 0.2) is 0 Å². The maximum Gasteiger partial charge on any atom is 0.341 e. The molecule has 2 aromatic carbocycles. The van der Waals surface area contributed by atoms with Crippen molar-refractivity contribution in [2.75, 3.05) is 11.9 Å². The number of ether oxygens (including phenoxy) is 1. The first kappa shape index (κ1) is 20.4. The SMILES string of the molecule is CCOC(=O)c1c(NC(=O)c2ccc(-c3ccccc3)cc2)sc2c1CCCCC2. The van der Waals surface area contributed by atoms with E-state index in [0.29, 0.717) is 22.7 Å². The lowest BCUT2D eigenvalue weighted by atomic mass is 10.0. The zero-order valence-electron chi connectivity index (χ0n) is 17.1. The van der Waals surface area contributed by atoms with Gasteiger partial charge in [0.05, 0.1) is 12.2 Å². The minimum absolute atomic E-state index is 0.212.